The van der Waals surface area contributed by atoms with Crippen LogP contribution in [0.2, 0.25) is 0 Å². The largest absolute Gasteiger partial charge is 0.454 e. The number of benzene rings is 2. The van der Waals surface area contributed by atoms with Crippen molar-refractivity contribution in [2.45, 2.75) is 31.7 Å². The summed E-state index contributed by atoms with van der Waals surface area (Å²) in [5.41, 5.74) is 1.32. The molecular weight excluding hydrogens is 460 g/mol. The number of nitrogens with zero attached hydrogens (tertiary/aromatic N) is 2. The Morgan fingerprint density at radius 3 is 2.35 bits per heavy atom. The highest BCUT2D eigenvalue weighted by atomic mass is 32.2. The number of hydrogen-bond donors (Lipinski definition) is 2. The summed E-state index contributed by atoms with van der Waals surface area (Å²) in [5, 5.41) is 2.59. The molecule has 2 aromatic carbocycles. The summed E-state index contributed by atoms with van der Waals surface area (Å²) in [5.74, 6) is -1.40. The monoisotopic (exact) mass is 486 g/mol. The number of anilines is 1. The van der Waals surface area contributed by atoms with E-state index in [-0.39, 0.29) is 16.6 Å². The Morgan fingerprint density at radius 1 is 1.06 bits per heavy atom. The van der Waals surface area contributed by atoms with Crippen LogP contribution < -0.4 is 10.0 Å². The highest BCUT2D eigenvalue weighted by Gasteiger charge is 2.31. The molecule has 1 heterocycles. The van der Waals surface area contributed by atoms with Gasteiger partial charge in [0.05, 0.1) is 4.90 Å². The van der Waals surface area contributed by atoms with Gasteiger partial charge in [0.2, 0.25) is 0 Å². The van der Waals surface area contributed by atoms with Gasteiger partial charge in [-0.15, -0.1) is 0 Å². The molecule has 1 atom stereocenters. The van der Waals surface area contributed by atoms with E-state index < -0.39 is 34.5 Å². The Hall–Kier alpha value is -3.73. The number of amidine groups is 1. The second-order valence-corrected chi connectivity index (χ2v) is 9.12. The van der Waals surface area contributed by atoms with Crippen LogP contribution in [0.3, 0.4) is 0 Å². The Balaban J connectivity index is 1.55. The maximum atomic E-state index is 12.3. The summed E-state index contributed by atoms with van der Waals surface area (Å²) >= 11 is 0. The third-order valence-electron chi connectivity index (χ3n) is 5.14. The number of esters is 1. The molecule has 2 N–H and O–H groups in total. The van der Waals surface area contributed by atoms with Crippen LogP contribution in [0.4, 0.5) is 5.69 Å². The zero-order valence-corrected chi connectivity index (χ0v) is 19.9. The fraction of sp³-hybridized carbons (Fsp3) is 0.304. The average Bonchev–Trinajstić information content (AvgIpc) is 3.08. The number of ether oxygens (including phenoxy) is 1. The number of aliphatic imine (C=N–C) groups is 1. The first kappa shape index (κ1) is 24.9. The second-order valence-electron chi connectivity index (χ2n) is 7.47. The van der Waals surface area contributed by atoms with Gasteiger partial charge in [-0.2, -0.15) is 0 Å². The molecule has 3 rings (SSSR count). The smallest absolute Gasteiger partial charge is 0.331 e. The summed E-state index contributed by atoms with van der Waals surface area (Å²) in [7, 11) is -3.72. The number of amides is 2. The normalized spacial score (nSPS) is 15.7. The Morgan fingerprint density at radius 2 is 1.71 bits per heavy atom. The van der Waals surface area contributed by atoms with E-state index >= 15 is 0 Å². The van der Waals surface area contributed by atoms with Gasteiger partial charge in [0, 0.05) is 29.9 Å². The fourth-order valence-electron chi connectivity index (χ4n) is 3.32. The van der Waals surface area contributed by atoms with Crippen molar-refractivity contribution >= 4 is 39.3 Å². The lowest BCUT2D eigenvalue weighted by Crippen LogP contribution is -2.30. The van der Waals surface area contributed by atoms with Crippen molar-refractivity contribution in [3.63, 3.8) is 0 Å². The highest BCUT2D eigenvalue weighted by Crippen LogP contribution is 2.22. The summed E-state index contributed by atoms with van der Waals surface area (Å²) in [6, 6.07) is 11.6. The first-order valence-corrected chi connectivity index (χ1v) is 12.2. The second kappa shape index (κ2) is 10.5. The molecule has 0 spiro atoms. The minimum Gasteiger partial charge on any atom is -0.454 e. The molecule has 2 amide bonds. The van der Waals surface area contributed by atoms with Gasteiger partial charge in [-0.1, -0.05) is 12.1 Å². The molecule has 2 aromatic rings. The lowest BCUT2D eigenvalue weighted by molar-refractivity contribution is -0.148. The molecule has 11 heteroatoms. The van der Waals surface area contributed by atoms with E-state index in [4.69, 9.17) is 4.74 Å². The van der Waals surface area contributed by atoms with Gasteiger partial charge in [-0.25, -0.2) is 13.2 Å². The molecule has 0 aliphatic carbocycles. The van der Waals surface area contributed by atoms with E-state index in [0.717, 1.165) is 0 Å². The van der Waals surface area contributed by atoms with Crippen molar-refractivity contribution in [1.82, 2.24) is 9.62 Å². The molecule has 0 bridgehead atoms. The standard InChI is InChI=1S/C23H26N4O6S/c1-4-27(5-2)22(29)16-10-12-17(13-11-16)25-20(28)14-33-23(30)15(3)24-21-18-8-6-7-9-19(18)34(31,32)26-21/h6-13,15H,4-5,14H2,1-3H3,(H,24,26)(H,25,28)/t15-/m0/s1. The van der Waals surface area contributed by atoms with Crippen LogP contribution in [0.25, 0.3) is 0 Å². The van der Waals surface area contributed by atoms with E-state index in [0.29, 0.717) is 29.9 Å². The van der Waals surface area contributed by atoms with Gasteiger partial charge in [-0.3, -0.25) is 19.3 Å². The number of carbonyl (C=O) groups is 3. The van der Waals surface area contributed by atoms with Crippen LogP contribution in [0.15, 0.2) is 58.4 Å². The van der Waals surface area contributed by atoms with Gasteiger partial charge < -0.3 is 15.0 Å². The van der Waals surface area contributed by atoms with Crippen LogP contribution in [-0.4, -0.2) is 62.7 Å². The van der Waals surface area contributed by atoms with Gasteiger partial charge in [0.1, 0.15) is 11.9 Å². The third-order valence-corrected chi connectivity index (χ3v) is 6.54. The lowest BCUT2D eigenvalue weighted by atomic mass is 10.2. The number of sulfonamides is 1. The number of hydrogen-bond acceptors (Lipinski definition) is 7. The van der Waals surface area contributed by atoms with Gasteiger partial charge in [0.25, 0.3) is 21.8 Å². The average molecular weight is 487 g/mol. The summed E-state index contributed by atoms with van der Waals surface area (Å²) in [4.78, 5) is 42.7. The highest BCUT2D eigenvalue weighted by molar-refractivity contribution is 7.90. The van der Waals surface area contributed by atoms with Crippen molar-refractivity contribution in [2.24, 2.45) is 4.99 Å². The number of nitrogens with one attached hydrogen (secondary N) is 2. The predicted molar refractivity (Wildman–Crippen MR) is 126 cm³/mol. The Kier molecular flexibility index (Phi) is 7.67. The summed E-state index contributed by atoms with van der Waals surface area (Å²) < 4.78 is 31.6. The van der Waals surface area contributed by atoms with E-state index in [9.17, 15) is 22.8 Å². The first-order valence-electron chi connectivity index (χ1n) is 10.7. The van der Waals surface area contributed by atoms with Crippen LogP contribution in [0.1, 0.15) is 36.7 Å². The van der Waals surface area contributed by atoms with Gasteiger partial charge in [-0.05, 0) is 57.2 Å². The van der Waals surface area contributed by atoms with Crippen molar-refractivity contribution in [1.29, 1.82) is 0 Å². The lowest BCUT2D eigenvalue weighted by Gasteiger charge is -2.18. The van der Waals surface area contributed by atoms with Crippen molar-refractivity contribution in [2.75, 3.05) is 25.0 Å². The fourth-order valence-corrected chi connectivity index (χ4v) is 4.56. The zero-order valence-electron chi connectivity index (χ0n) is 19.1. The van der Waals surface area contributed by atoms with Crippen LogP contribution in [0.5, 0.6) is 0 Å². The molecule has 0 radical (unpaired) electrons. The third kappa shape index (κ3) is 5.60. The van der Waals surface area contributed by atoms with Gasteiger partial charge in [0.15, 0.2) is 6.61 Å². The number of rotatable bonds is 8. The molecule has 0 fully saturated rings. The topological polar surface area (TPSA) is 134 Å². The maximum absolute atomic E-state index is 12.3. The minimum absolute atomic E-state index is 0.0452. The van der Waals surface area contributed by atoms with Gasteiger partial charge >= 0.3 is 5.97 Å². The molecule has 0 aromatic heterocycles. The van der Waals surface area contributed by atoms with Crippen LogP contribution >= 0.6 is 0 Å². The van der Waals surface area contributed by atoms with E-state index in [1.54, 1.807) is 47.4 Å². The van der Waals surface area contributed by atoms with E-state index in [1.165, 1.54) is 13.0 Å². The molecule has 10 nitrogen and oxygen atoms in total. The SMILES string of the molecule is CCN(CC)C(=O)c1ccc(NC(=O)COC(=O)[C@H](C)N=C2NS(=O)(=O)c3ccccc32)cc1. The summed E-state index contributed by atoms with van der Waals surface area (Å²) in [6.45, 7) is 5.89. The molecule has 34 heavy (non-hydrogen) atoms. The molecule has 0 saturated carbocycles. The molecule has 1 aliphatic heterocycles. The molecule has 0 unspecified atom stereocenters. The van der Waals surface area contributed by atoms with Crippen molar-refractivity contribution in [3.05, 3.63) is 59.7 Å². The molecule has 1 aliphatic rings. The minimum atomic E-state index is -3.72. The first-order chi connectivity index (χ1) is 16.2. The van der Waals surface area contributed by atoms with Crippen LogP contribution in [-0.2, 0) is 24.3 Å². The van der Waals surface area contributed by atoms with Crippen molar-refractivity contribution in [3.8, 4) is 0 Å². The Labute approximate surface area is 198 Å². The molecule has 0 saturated heterocycles. The zero-order chi connectivity index (χ0) is 24.9. The quantitative estimate of drug-likeness (QED) is 0.546. The maximum Gasteiger partial charge on any atom is 0.331 e. The summed E-state index contributed by atoms with van der Waals surface area (Å²) in [6.07, 6.45) is 0. The number of carbonyl (C=O) groups excluding carboxylic acids is 3. The molecular formula is C23H26N4O6S. The van der Waals surface area contributed by atoms with E-state index in [2.05, 4.69) is 15.0 Å². The molecule has 180 valence electrons. The van der Waals surface area contributed by atoms with Crippen molar-refractivity contribution < 1.29 is 27.5 Å². The Bertz CT molecular complexity index is 1220. The number of fused-ring (bicyclic) bond motifs is 1. The predicted octanol–water partition coefficient (Wildman–Crippen LogP) is 1.78. The van der Waals surface area contributed by atoms with E-state index in [1.807, 2.05) is 13.8 Å². The van der Waals surface area contributed by atoms with Crippen LogP contribution in [0, 0.1) is 0 Å².